The van der Waals surface area contributed by atoms with E-state index in [1.807, 2.05) is 42.3 Å². The van der Waals surface area contributed by atoms with Crippen LogP contribution < -0.4 is 10.3 Å². The van der Waals surface area contributed by atoms with E-state index in [2.05, 4.69) is 5.32 Å². The molecule has 2 unspecified atom stereocenters. The van der Waals surface area contributed by atoms with Crippen LogP contribution in [0.1, 0.15) is 57.1 Å². The van der Waals surface area contributed by atoms with Gasteiger partial charge in [0.25, 0.3) is 5.91 Å². The van der Waals surface area contributed by atoms with E-state index < -0.39 is 0 Å². The third-order valence-corrected chi connectivity index (χ3v) is 7.30. The maximum absolute atomic E-state index is 13.2. The summed E-state index contributed by atoms with van der Waals surface area (Å²) in [6.45, 7) is 2.74. The summed E-state index contributed by atoms with van der Waals surface area (Å²) in [7, 11) is 0. The highest BCUT2D eigenvalue weighted by Crippen LogP contribution is 2.42. The number of nitrogens with zero attached hydrogens (tertiary/aromatic N) is 2. The minimum absolute atomic E-state index is 0.103. The Morgan fingerprint density at radius 2 is 1.66 bits per heavy atom. The van der Waals surface area contributed by atoms with Crippen LogP contribution in [0.5, 0.6) is 0 Å². The first-order valence-electron chi connectivity index (χ1n) is 11.3. The van der Waals surface area contributed by atoms with Crippen LogP contribution in [-0.2, 0) is 4.79 Å². The van der Waals surface area contributed by atoms with E-state index in [9.17, 15) is 4.79 Å². The first kappa shape index (κ1) is 23.4. The second-order valence-electron chi connectivity index (χ2n) is 8.78. The maximum Gasteiger partial charge on any atom is 0.267 e. The molecule has 0 radical (unpaired) electrons. The molecule has 1 aliphatic carbocycles. The van der Waals surface area contributed by atoms with Crippen molar-refractivity contribution in [3.05, 3.63) is 63.1 Å². The summed E-state index contributed by atoms with van der Waals surface area (Å²) in [5.74, 6) is 0.318. The molecule has 7 heteroatoms. The number of halogens is 3. The Balaban J connectivity index is 1.60. The lowest BCUT2D eigenvalue weighted by Crippen LogP contribution is -2.37. The largest absolute Gasteiger partial charge is 0.351 e. The molecule has 1 aliphatic heterocycles. The fraction of sp³-hybridized carbons (Fsp3) is 0.440. The van der Waals surface area contributed by atoms with Crippen molar-refractivity contribution in [1.29, 1.82) is 0 Å². The van der Waals surface area contributed by atoms with Crippen LogP contribution in [0.15, 0.2) is 47.6 Å². The summed E-state index contributed by atoms with van der Waals surface area (Å²) in [6.07, 6.45) is 7.46. The second kappa shape index (κ2) is 10.5. The molecule has 0 spiro atoms. The normalized spacial score (nSPS) is 21.9. The Morgan fingerprint density at radius 1 is 1.00 bits per heavy atom. The zero-order valence-electron chi connectivity index (χ0n) is 18.2. The number of rotatable bonds is 5. The van der Waals surface area contributed by atoms with Gasteiger partial charge in [0.05, 0.1) is 16.8 Å². The molecule has 170 valence electrons. The van der Waals surface area contributed by atoms with Crippen LogP contribution >= 0.6 is 34.8 Å². The van der Waals surface area contributed by atoms with Gasteiger partial charge in [0.1, 0.15) is 5.71 Å². The molecule has 1 amide bonds. The van der Waals surface area contributed by atoms with E-state index in [0.717, 1.165) is 11.3 Å². The average molecular weight is 493 g/mol. The summed E-state index contributed by atoms with van der Waals surface area (Å²) in [4.78, 5) is 13.2. The third-order valence-electron chi connectivity index (χ3n) is 6.51. The van der Waals surface area contributed by atoms with Gasteiger partial charge in [0, 0.05) is 22.5 Å². The van der Waals surface area contributed by atoms with Crippen LogP contribution in [0.3, 0.4) is 0 Å². The minimum Gasteiger partial charge on any atom is -0.351 e. The van der Waals surface area contributed by atoms with E-state index in [0.29, 0.717) is 33.2 Å². The predicted molar refractivity (Wildman–Crippen MR) is 134 cm³/mol. The second-order valence-corrected chi connectivity index (χ2v) is 10.1. The molecular weight excluding hydrogens is 465 g/mol. The molecule has 4 nitrogen and oxygen atoms in total. The van der Waals surface area contributed by atoms with Gasteiger partial charge in [0.2, 0.25) is 0 Å². The molecule has 32 heavy (non-hydrogen) atoms. The van der Waals surface area contributed by atoms with Gasteiger partial charge in [-0.1, -0.05) is 79.5 Å². The van der Waals surface area contributed by atoms with E-state index in [1.165, 1.54) is 38.5 Å². The van der Waals surface area contributed by atoms with Crippen molar-refractivity contribution in [3.63, 3.8) is 0 Å². The molecule has 0 bridgehead atoms. The average Bonchev–Trinajstić information content (AvgIpc) is 2.93. The molecule has 1 heterocycles. The standard InChI is InChI=1S/C25H28Cl3N3O/c1-16-23(25(32)29-15-17-6-4-2-3-5-7-17)30-31(22-13-12-20(27)14-21(22)28)24(16)18-8-10-19(26)11-9-18/h8-14,16-17,24H,2-7,15H2,1H3,(H,29,32). The van der Waals surface area contributed by atoms with Gasteiger partial charge in [-0.15, -0.1) is 0 Å². The molecule has 2 aromatic carbocycles. The maximum atomic E-state index is 13.2. The fourth-order valence-corrected chi connectivity index (χ4v) is 5.36. The topological polar surface area (TPSA) is 44.7 Å². The Labute approximate surface area is 204 Å². The molecule has 2 aromatic rings. The van der Waals surface area contributed by atoms with E-state index in [1.54, 1.807) is 12.1 Å². The Hall–Kier alpha value is -1.75. The quantitative estimate of drug-likeness (QED) is 0.445. The van der Waals surface area contributed by atoms with Crippen LogP contribution in [0.4, 0.5) is 5.69 Å². The number of nitrogens with one attached hydrogen (secondary N) is 1. The summed E-state index contributed by atoms with van der Waals surface area (Å²) in [5, 5.41) is 11.5. The van der Waals surface area contributed by atoms with Gasteiger partial charge < -0.3 is 5.32 Å². The monoisotopic (exact) mass is 491 g/mol. The van der Waals surface area contributed by atoms with Crippen molar-refractivity contribution in [3.8, 4) is 0 Å². The third kappa shape index (κ3) is 5.24. The lowest BCUT2D eigenvalue weighted by molar-refractivity contribution is -0.115. The Morgan fingerprint density at radius 3 is 2.31 bits per heavy atom. The smallest absolute Gasteiger partial charge is 0.267 e. The van der Waals surface area contributed by atoms with Gasteiger partial charge in [-0.3, -0.25) is 9.80 Å². The Bertz CT molecular complexity index is 984. The molecule has 4 rings (SSSR count). The van der Waals surface area contributed by atoms with Crippen molar-refractivity contribution < 1.29 is 4.79 Å². The van der Waals surface area contributed by atoms with E-state index in [4.69, 9.17) is 39.9 Å². The van der Waals surface area contributed by atoms with Crippen LogP contribution in [-0.4, -0.2) is 18.2 Å². The summed E-state index contributed by atoms with van der Waals surface area (Å²) in [6, 6.07) is 12.8. The lowest BCUT2D eigenvalue weighted by Gasteiger charge is -2.27. The number of hydrazone groups is 1. The molecule has 2 atom stereocenters. The molecule has 0 aromatic heterocycles. The van der Waals surface area contributed by atoms with Gasteiger partial charge in [-0.25, -0.2) is 0 Å². The Kier molecular flexibility index (Phi) is 7.65. The molecule has 1 fully saturated rings. The van der Waals surface area contributed by atoms with Crippen molar-refractivity contribution in [2.24, 2.45) is 16.9 Å². The summed E-state index contributed by atoms with van der Waals surface area (Å²) >= 11 is 18.7. The number of anilines is 1. The first-order valence-corrected chi connectivity index (χ1v) is 12.4. The SMILES string of the molecule is CC1C(C(=O)NCC2CCCCCC2)=NN(c2ccc(Cl)cc2Cl)C1c1ccc(Cl)cc1. The van der Waals surface area contributed by atoms with E-state index >= 15 is 0 Å². The summed E-state index contributed by atoms with van der Waals surface area (Å²) < 4.78 is 0. The number of carbonyl (C=O) groups excluding carboxylic acids is 1. The number of amides is 1. The van der Waals surface area contributed by atoms with Crippen molar-refractivity contribution in [1.82, 2.24) is 5.32 Å². The molecule has 1 saturated carbocycles. The van der Waals surface area contributed by atoms with Gasteiger partial charge in [-0.2, -0.15) is 5.10 Å². The van der Waals surface area contributed by atoms with Gasteiger partial charge in [0.15, 0.2) is 0 Å². The zero-order chi connectivity index (χ0) is 22.7. The van der Waals surface area contributed by atoms with Crippen molar-refractivity contribution >= 4 is 52.1 Å². The minimum atomic E-state index is -0.176. The fourth-order valence-electron chi connectivity index (χ4n) is 4.74. The van der Waals surface area contributed by atoms with Gasteiger partial charge >= 0.3 is 0 Å². The van der Waals surface area contributed by atoms with Gasteiger partial charge in [-0.05, 0) is 54.7 Å². The number of hydrogen-bond donors (Lipinski definition) is 1. The highest BCUT2D eigenvalue weighted by atomic mass is 35.5. The number of carbonyl (C=O) groups is 1. The molecule has 1 N–H and O–H groups in total. The van der Waals surface area contributed by atoms with Crippen LogP contribution in [0, 0.1) is 11.8 Å². The van der Waals surface area contributed by atoms with E-state index in [-0.39, 0.29) is 17.9 Å². The predicted octanol–water partition coefficient (Wildman–Crippen LogP) is 7.29. The van der Waals surface area contributed by atoms with Crippen molar-refractivity contribution in [2.75, 3.05) is 11.6 Å². The first-order chi connectivity index (χ1) is 15.4. The van der Waals surface area contributed by atoms with Crippen LogP contribution in [0.25, 0.3) is 0 Å². The number of hydrogen-bond acceptors (Lipinski definition) is 3. The molecule has 2 aliphatic rings. The molecular formula is C25H28Cl3N3O. The highest BCUT2D eigenvalue weighted by molar-refractivity contribution is 6.41. The lowest BCUT2D eigenvalue weighted by atomic mass is 9.90. The van der Waals surface area contributed by atoms with Crippen molar-refractivity contribution in [2.45, 2.75) is 51.5 Å². The summed E-state index contributed by atoms with van der Waals surface area (Å²) in [5.41, 5.74) is 2.25. The zero-order valence-corrected chi connectivity index (χ0v) is 20.4. The van der Waals surface area contributed by atoms with Crippen LogP contribution in [0.2, 0.25) is 15.1 Å². The highest BCUT2D eigenvalue weighted by Gasteiger charge is 2.40. The molecule has 0 saturated heterocycles. The number of benzene rings is 2.